The number of alkyl halides is 7. The summed E-state index contributed by atoms with van der Waals surface area (Å²) in [4.78, 5) is 27.5. The molecule has 3 aliphatic rings. The van der Waals surface area contributed by atoms with Crippen LogP contribution in [0.1, 0.15) is 30.4 Å². The van der Waals surface area contributed by atoms with Crippen molar-refractivity contribution in [3.63, 3.8) is 0 Å². The van der Waals surface area contributed by atoms with Gasteiger partial charge in [-0.05, 0) is 43.2 Å². The average molecular weight is 641 g/mol. The number of likely N-dealkylation sites (tertiary alicyclic amines) is 2. The smallest absolute Gasteiger partial charge is 0.435 e. The first-order chi connectivity index (χ1) is 19.9. The largest absolute Gasteiger partial charge is 0.493 e. The van der Waals surface area contributed by atoms with Crippen LogP contribution in [0.5, 0.6) is 5.75 Å². The molecule has 3 atom stereocenters. The quantitative estimate of drug-likeness (QED) is 0.359. The number of rotatable bonds is 4. The Balaban J connectivity index is 1.63. The highest BCUT2D eigenvalue weighted by Crippen LogP contribution is 2.57. The van der Waals surface area contributed by atoms with Crippen molar-refractivity contribution < 1.29 is 57.9 Å². The van der Waals surface area contributed by atoms with E-state index in [9.17, 15) is 53.1 Å². The zero-order valence-electron chi connectivity index (χ0n) is 22.3. The normalized spacial score (nSPS) is 24.8. The van der Waals surface area contributed by atoms with Crippen LogP contribution in [0.2, 0.25) is 0 Å². The molecule has 3 aliphatic heterocycles. The fourth-order valence-corrected chi connectivity index (χ4v) is 8.58. The molecule has 0 bridgehead atoms. The van der Waals surface area contributed by atoms with Gasteiger partial charge in [-0.1, -0.05) is 12.1 Å². The highest BCUT2D eigenvalue weighted by molar-refractivity contribution is 7.92. The third-order valence-corrected chi connectivity index (χ3v) is 11.2. The van der Waals surface area contributed by atoms with Gasteiger partial charge in [0.05, 0.1) is 11.5 Å². The molecule has 2 aromatic rings. The van der Waals surface area contributed by atoms with Crippen molar-refractivity contribution in [3.05, 3.63) is 59.4 Å². The van der Waals surface area contributed by atoms with Gasteiger partial charge in [0.15, 0.2) is 9.84 Å². The van der Waals surface area contributed by atoms with Crippen molar-refractivity contribution in [1.82, 2.24) is 9.80 Å². The van der Waals surface area contributed by atoms with E-state index in [0.717, 1.165) is 24.3 Å². The van der Waals surface area contributed by atoms with E-state index in [0.29, 0.717) is 6.07 Å². The van der Waals surface area contributed by atoms with Gasteiger partial charge in [0, 0.05) is 43.6 Å². The van der Waals surface area contributed by atoms with E-state index in [1.807, 2.05) is 0 Å². The van der Waals surface area contributed by atoms with Gasteiger partial charge in [-0.15, -0.1) is 0 Å². The van der Waals surface area contributed by atoms with Crippen LogP contribution in [-0.2, 0) is 29.8 Å². The number of likely N-dealkylation sites (N-methyl/N-ethyl adjacent to an activating group) is 1. The first-order valence-corrected chi connectivity index (χ1v) is 14.5. The maximum Gasteiger partial charge on any atom is 0.435 e. The molecule has 0 aliphatic carbocycles. The number of ether oxygens (including phenoxy) is 1. The summed E-state index contributed by atoms with van der Waals surface area (Å²) >= 11 is 0. The molecule has 3 heterocycles. The van der Waals surface area contributed by atoms with E-state index in [2.05, 4.69) is 0 Å². The summed E-state index contributed by atoms with van der Waals surface area (Å²) < 4.78 is 141. The summed E-state index contributed by atoms with van der Waals surface area (Å²) in [5.41, 5.74) is -7.94. The monoisotopic (exact) mass is 640 g/mol. The Morgan fingerprint density at radius 1 is 1.00 bits per heavy atom. The molecule has 2 aromatic carbocycles. The number of amides is 2. The molecule has 0 saturated carbocycles. The predicted molar refractivity (Wildman–Crippen MR) is 133 cm³/mol. The number of halogens is 8. The molecule has 2 saturated heterocycles. The van der Waals surface area contributed by atoms with Gasteiger partial charge in [-0.2, -0.15) is 26.3 Å². The number of hydrogen-bond donors (Lipinski definition) is 0. The number of hydrogen-bond acceptors (Lipinski definition) is 5. The van der Waals surface area contributed by atoms with Gasteiger partial charge in [0.1, 0.15) is 22.4 Å². The lowest BCUT2D eigenvalue weighted by atomic mass is 9.76. The fourth-order valence-electron chi connectivity index (χ4n) is 6.26. The molecule has 5 rings (SSSR count). The van der Waals surface area contributed by atoms with Crippen molar-refractivity contribution in [2.45, 2.75) is 53.0 Å². The molecule has 2 fully saturated rings. The van der Waals surface area contributed by atoms with Gasteiger partial charge < -0.3 is 14.5 Å². The minimum Gasteiger partial charge on any atom is -0.493 e. The van der Waals surface area contributed by atoms with Gasteiger partial charge in [0.25, 0.3) is 0 Å². The standard InChI is InChI=1S/C27H24F8N2O5S/c1-36-20(8-9-22(36)38)23(39)37-11-10-24(43(40,41)18-5-3-17(28)4-6-18)16(13-37)14-42-21-12-15(2-7-19(21)24)25(29,26(30,31)32)27(33,34)35/h2-7,12,16,20H,8-11,13-14H2,1H3/t16?,20-,24?/m1/s1. The number of carbonyl (C=O) groups is 2. The Hall–Kier alpha value is -3.43. The molecular weight excluding hydrogens is 616 g/mol. The number of piperidine rings is 1. The van der Waals surface area contributed by atoms with Crippen LogP contribution >= 0.6 is 0 Å². The number of benzene rings is 2. The molecule has 16 heteroatoms. The van der Waals surface area contributed by atoms with E-state index in [1.165, 1.54) is 16.8 Å². The second-order valence-electron chi connectivity index (χ2n) is 10.8. The Morgan fingerprint density at radius 3 is 2.19 bits per heavy atom. The molecule has 0 N–H and O–H groups in total. The Kier molecular flexibility index (Phi) is 7.25. The van der Waals surface area contributed by atoms with Crippen LogP contribution in [0, 0.1) is 11.7 Å². The molecule has 43 heavy (non-hydrogen) atoms. The molecular formula is C27H24F8N2O5S. The molecule has 2 amide bonds. The number of sulfone groups is 1. The third-order valence-electron chi connectivity index (χ3n) is 8.60. The van der Waals surface area contributed by atoms with Crippen molar-refractivity contribution in [3.8, 4) is 5.75 Å². The van der Waals surface area contributed by atoms with Crippen LogP contribution in [0.25, 0.3) is 0 Å². The van der Waals surface area contributed by atoms with Crippen molar-refractivity contribution in [2.75, 3.05) is 26.7 Å². The van der Waals surface area contributed by atoms with E-state index in [1.54, 1.807) is 0 Å². The molecule has 7 nitrogen and oxygen atoms in total. The average Bonchev–Trinajstić information content (AvgIpc) is 3.27. The Morgan fingerprint density at radius 2 is 1.63 bits per heavy atom. The van der Waals surface area contributed by atoms with E-state index in [-0.39, 0.29) is 60.9 Å². The van der Waals surface area contributed by atoms with Crippen LogP contribution < -0.4 is 4.74 Å². The molecule has 0 radical (unpaired) electrons. The Bertz CT molecular complexity index is 1550. The van der Waals surface area contributed by atoms with Crippen molar-refractivity contribution in [1.29, 1.82) is 0 Å². The van der Waals surface area contributed by atoms with E-state index < -0.39 is 74.2 Å². The van der Waals surface area contributed by atoms with Crippen LogP contribution in [0.3, 0.4) is 0 Å². The zero-order chi connectivity index (χ0) is 31.8. The SMILES string of the molecule is CN1C(=O)CC[C@@H]1C(=O)N1CCC2(S(=O)(=O)c3ccc(F)cc3)c3ccc(C(F)(C(F)(F)F)C(F)(F)F)cc3OCC2C1. The topological polar surface area (TPSA) is 84.0 Å². The van der Waals surface area contributed by atoms with Gasteiger partial charge >= 0.3 is 18.0 Å². The highest BCUT2D eigenvalue weighted by Gasteiger charge is 2.74. The summed E-state index contributed by atoms with van der Waals surface area (Å²) in [5.74, 6) is -3.27. The van der Waals surface area contributed by atoms with Crippen molar-refractivity contribution in [2.24, 2.45) is 5.92 Å². The molecule has 0 aromatic heterocycles. The molecule has 2 unspecified atom stereocenters. The first kappa shape index (κ1) is 31.0. The lowest BCUT2D eigenvalue weighted by molar-refractivity contribution is -0.348. The van der Waals surface area contributed by atoms with Crippen LogP contribution in [0.4, 0.5) is 35.1 Å². The molecule has 234 valence electrons. The maximum atomic E-state index is 14.9. The minimum atomic E-state index is -6.41. The third kappa shape index (κ3) is 4.54. The zero-order valence-corrected chi connectivity index (χ0v) is 23.1. The minimum absolute atomic E-state index is 0.137. The summed E-state index contributed by atoms with van der Waals surface area (Å²) in [6.07, 6.45) is -12.8. The van der Waals surface area contributed by atoms with Crippen LogP contribution in [-0.4, -0.2) is 75.2 Å². The summed E-state index contributed by atoms with van der Waals surface area (Å²) in [6.45, 7) is -1.04. The Labute approximate surface area is 240 Å². The van der Waals surface area contributed by atoms with Gasteiger partial charge in [-0.3, -0.25) is 9.59 Å². The van der Waals surface area contributed by atoms with E-state index >= 15 is 0 Å². The lowest BCUT2D eigenvalue weighted by Gasteiger charge is -2.50. The number of nitrogens with zero attached hydrogens (tertiary/aromatic N) is 2. The molecule has 0 spiro atoms. The number of fused-ring (bicyclic) bond motifs is 3. The second-order valence-corrected chi connectivity index (χ2v) is 13.0. The second kappa shape index (κ2) is 10.1. The first-order valence-electron chi connectivity index (χ1n) is 13.0. The van der Waals surface area contributed by atoms with Gasteiger partial charge in [-0.25, -0.2) is 17.2 Å². The van der Waals surface area contributed by atoms with Crippen LogP contribution in [0.15, 0.2) is 47.4 Å². The lowest BCUT2D eigenvalue weighted by Crippen LogP contribution is -2.60. The predicted octanol–water partition coefficient (Wildman–Crippen LogP) is 4.65. The van der Waals surface area contributed by atoms with Gasteiger partial charge in [0.2, 0.25) is 11.8 Å². The maximum absolute atomic E-state index is 14.9. The highest BCUT2D eigenvalue weighted by atomic mass is 32.2. The summed E-state index contributed by atoms with van der Waals surface area (Å²) in [5, 5.41) is 0. The summed E-state index contributed by atoms with van der Waals surface area (Å²) in [6, 6.07) is 3.98. The summed E-state index contributed by atoms with van der Waals surface area (Å²) in [7, 11) is -3.14. The fraction of sp³-hybridized carbons (Fsp3) is 0.481. The van der Waals surface area contributed by atoms with E-state index in [4.69, 9.17) is 4.74 Å². The van der Waals surface area contributed by atoms with Crippen molar-refractivity contribution >= 4 is 21.7 Å². The number of carbonyl (C=O) groups excluding carboxylic acids is 2.